The zero-order chi connectivity index (χ0) is 14.5. The van der Waals surface area contributed by atoms with E-state index in [4.69, 9.17) is 21.4 Å². The first kappa shape index (κ1) is 14.1. The molecule has 0 aliphatic heterocycles. The van der Waals surface area contributed by atoms with E-state index in [2.05, 4.69) is 0 Å². The standard InChI is InChI=1S/C15H11ClO4/c16-13-7-10(8-17)4-5-14(13)20-9-11-2-1-3-12(6-11)15(18)19/h1-8H,9H2,(H,18,19). The van der Waals surface area contributed by atoms with Gasteiger partial charge >= 0.3 is 5.97 Å². The van der Waals surface area contributed by atoms with Crippen LogP contribution in [-0.4, -0.2) is 17.4 Å². The van der Waals surface area contributed by atoms with Crippen LogP contribution in [-0.2, 0) is 6.61 Å². The molecule has 5 heteroatoms. The smallest absolute Gasteiger partial charge is 0.335 e. The summed E-state index contributed by atoms with van der Waals surface area (Å²) in [6.07, 6.45) is 0.700. The van der Waals surface area contributed by atoms with Gasteiger partial charge < -0.3 is 9.84 Å². The molecule has 1 N–H and O–H groups in total. The van der Waals surface area contributed by atoms with Gasteiger partial charge in [-0.2, -0.15) is 0 Å². The van der Waals surface area contributed by atoms with Gasteiger partial charge in [0.25, 0.3) is 0 Å². The third kappa shape index (κ3) is 3.36. The number of ether oxygens (including phenoxy) is 1. The molecule has 0 amide bonds. The molecule has 2 aromatic carbocycles. The van der Waals surface area contributed by atoms with Crippen LogP contribution in [0.4, 0.5) is 0 Å². The Bertz CT molecular complexity index is 652. The largest absolute Gasteiger partial charge is 0.487 e. The van der Waals surface area contributed by atoms with E-state index in [0.29, 0.717) is 22.6 Å². The highest BCUT2D eigenvalue weighted by Gasteiger charge is 2.06. The predicted octanol–water partition coefficient (Wildman–Crippen LogP) is 3.43. The summed E-state index contributed by atoms with van der Waals surface area (Å²) in [4.78, 5) is 21.5. The highest BCUT2D eigenvalue weighted by Crippen LogP contribution is 2.25. The van der Waals surface area contributed by atoms with Crippen molar-refractivity contribution < 1.29 is 19.4 Å². The van der Waals surface area contributed by atoms with Gasteiger partial charge in [-0.1, -0.05) is 23.7 Å². The molecule has 0 radical (unpaired) electrons. The molecule has 20 heavy (non-hydrogen) atoms. The van der Waals surface area contributed by atoms with E-state index in [1.807, 2.05) is 0 Å². The lowest BCUT2D eigenvalue weighted by atomic mass is 10.1. The van der Waals surface area contributed by atoms with Gasteiger partial charge in [-0.05, 0) is 35.9 Å². The summed E-state index contributed by atoms with van der Waals surface area (Å²) in [5, 5.41) is 9.24. The Morgan fingerprint density at radius 1 is 1.25 bits per heavy atom. The highest BCUT2D eigenvalue weighted by molar-refractivity contribution is 6.32. The number of halogens is 1. The van der Waals surface area contributed by atoms with E-state index < -0.39 is 5.97 Å². The van der Waals surface area contributed by atoms with E-state index in [1.54, 1.807) is 24.3 Å². The summed E-state index contributed by atoms with van der Waals surface area (Å²) in [5.74, 6) is -0.543. The molecule has 0 saturated heterocycles. The number of carboxylic acid groups (broad SMARTS) is 1. The molecule has 0 aromatic heterocycles. The summed E-state index contributed by atoms with van der Waals surface area (Å²) in [6, 6.07) is 11.2. The van der Waals surface area contributed by atoms with Crippen molar-refractivity contribution in [2.24, 2.45) is 0 Å². The molecule has 0 unspecified atom stereocenters. The predicted molar refractivity (Wildman–Crippen MR) is 74.6 cm³/mol. The van der Waals surface area contributed by atoms with E-state index in [1.165, 1.54) is 18.2 Å². The second kappa shape index (κ2) is 6.21. The van der Waals surface area contributed by atoms with Gasteiger partial charge in [-0.3, -0.25) is 4.79 Å². The lowest BCUT2D eigenvalue weighted by molar-refractivity contribution is 0.0696. The highest BCUT2D eigenvalue weighted by atomic mass is 35.5. The molecule has 0 aliphatic rings. The zero-order valence-electron chi connectivity index (χ0n) is 10.4. The van der Waals surface area contributed by atoms with Gasteiger partial charge in [0.15, 0.2) is 0 Å². The van der Waals surface area contributed by atoms with Gasteiger partial charge in [-0.15, -0.1) is 0 Å². The SMILES string of the molecule is O=Cc1ccc(OCc2cccc(C(=O)O)c2)c(Cl)c1. The van der Waals surface area contributed by atoms with Crippen LogP contribution in [0.3, 0.4) is 0 Å². The number of hydrogen-bond acceptors (Lipinski definition) is 3. The maximum Gasteiger partial charge on any atom is 0.335 e. The Kier molecular flexibility index (Phi) is 4.38. The fourth-order valence-electron chi connectivity index (χ4n) is 1.66. The van der Waals surface area contributed by atoms with Crippen molar-refractivity contribution in [3.8, 4) is 5.75 Å². The van der Waals surface area contributed by atoms with Gasteiger partial charge in [-0.25, -0.2) is 4.79 Å². The molecule has 102 valence electrons. The molecule has 0 bridgehead atoms. The summed E-state index contributed by atoms with van der Waals surface area (Å²) in [5.41, 5.74) is 1.39. The molecule has 4 nitrogen and oxygen atoms in total. The quantitative estimate of drug-likeness (QED) is 0.857. The van der Waals surface area contributed by atoms with Crippen LogP contribution in [0.25, 0.3) is 0 Å². The molecule has 0 aliphatic carbocycles. The average molecular weight is 291 g/mol. The van der Waals surface area contributed by atoms with E-state index in [0.717, 1.165) is 5.56 Å². The van der Waals surface area contributed by atoms with Crippen molar-refractivity contribution in [1.29, 1.82) is 0 Å². The Morgan fingerprint density at radius 2 is 2.05 bits per heavy atom. The summed E-state index contributed by atoms with van der Waals surface area (Å²) in [7, 11) is 0. The minimum absolute atomic E-state index is 0.196. The van der Waals surface area contributed by atoms with E-state index in [-0.39, 0.29) is 12.2 Å². The molecule has 0 heterocycles. The molecule has 0 spiro atoms. The summed E-state index contributed by atoms with van der Waals surface area (Å²) >= 11 is 5.98. The maximum absolute atomic E-state index is 10.9. The molecule has 0 saturated carbocycles. The minimum Gasteiger partial charge on any atom is -0.487 e. The van der Waals surface area contributed by atoms with E-state index in [9.17, 15) is 9.59 Å². The van der Waals surface area contributed by atoms with E-state index >= 15 is 0 Å². The second-order valence-corrected chi connectivity index (χ2v) is 4.51. The molecule has 2 aromatic rings. The molecular formula is C15H11ClO4. The lowest BCUT2D eigenvalue weighted by Gasteiger charge is -2.09. The molecule has 0 fully saturated rings. The zero-order valence-corrected chi connectivity index (χ0v) is 11.1. The first-order chi connectivity index (χ1) is 9.60. The molecule has 0 atom stereocenters. The van der Waals surface area contributed by atoms with Crippen LogP contribution in [0.2, 0.25) is 5.02 Å². The van der Waals surface area contributed by atoms with Crippen molar-refractivity contribution in [3.05, 3.63) is 64.2 Å². The number of carbonyl (C=O) groups is 2. The van der Waals surface area contributed by atoms with Gasteiger partial charge in [0.2, 0.25) is 0 Å². The van der Waals surface area contributed by atoms with Crippen molar-refractivity contribution in [1.82, 2.24) is 0 Å². The van der Waals surface area contributed by atoms with Crippen molar-refractivity contribution in [2.45, 2.75) is 6.61 Å². The minimum atomic E-state index is -0.986. The van der Waals surface area contributed by atoms with Gasteiger partial charge in [0.1, 0.15) is 18.6 Å². The first-order valence-corrected chi connectivity index (χ1v) is 6.17. The fourth-order valence-corrected chi connectivity index (χ4v) is 1.91. The normalized spacial score (nSPS) is 10.1. The third-order valence-electron chi connectivity index (χ3n) is 2.66. The number of carbonyl (C=O) groups excluding carboxylic acids is 1. The van der Waals surface area contributed by atoms with Crippen molar-refractivity contribution in [2.75, 3.05) is 0 Å². The van der Waals surface area contributed by atoms with Gasteiger partial charge in [0.05, 0.1) is 10.6 Å². The number of hydrogen-bond donors (Lipinski definition) is 1. The van der Waals surface area contributed by atoms with Crippen LogP contribution in [0.15, 0.2) is 42.5 Å². The second-order valence-electron chi connectivity index (χ2n) is 4.10. The Labute approximate surface area is 120 Å². The van der Waals surface area contributed by atoms with Crippen LogP contribution in [0.1, 0.15) is 26.3 Å². The molecule has 2 rings (SSSR count). The number of carboxylic acids is 1. The number of rotatable bonds is 5. The Balaban J connectivity index is 2.10. The number of aldehydes is 1. The summed E-state index contributed by atoms with van der Waals surface area (Å²) in [6.45, 7) is 0.196. The Hall–Kier alpha value is -2.33. The van der Waals surface area contributed by atoms with Crippen molar-refractivity contribution >= 4 is 23.9 Å². The lowest BCUT2D eigenvalue weighted by Crippen LogP contribution is -2.00. The third-order valence-corrected chi connectivity index (χ3v) is 2.96. The van der Waals surface area contributed by atoms with Crippen LogP contribution in [0.5, 0.6) is 5.75 Å². The van der Waals surface area contributed by atoms with Crippen LogP contribution >= 0.6 is 11.6 Å². The average Bonchev–Trinajstić information content (AvgIpc) is 2.46. The van der Waals surface area contributed by atoms with Crippen LogP contribution in [0, 0.1) is 0 Å². The Morgan fingerprint density at radius 3 is 2.70 bits per heavy atom. The van der Waals surface area contributed by atoms with Crippen molar-refractivity contribution in [3.63, 3.8) is 0 Å². The number of benzene rings is 2. The maximum atomic E-state index is 10.9. The monoisotopic (exact) mass is 290 g/mol. The first-order valence-electron chi connectivity index (χ1n) is 5.80. The topological polar surface area (TPSA) is 63.6 Å². The number of aromatic carboxylic acids is 1. The fraction of sp³-hybridized carbons (Fsp3) is 0.0667. The molecular weight excluding hydrogens is 280 g/mol. The summed E-state index contributed by atoms with van der Waals surface area (Å²) < 4.78 is 5.52. The van der Waals surface area contributed by atoms with Gasteiger partial charge in [0, 0.05) is 5.56 Å². The van der Waals surface area contributed by atoms with Crippen LogP contribution < -0.4 is 4.74 Å².